The third-order valence-electron chi connectivity index (χ3n) is 2.59. The van der Waals surface area contributed by atoms with E-state index < -0.39 is 9.05 Å². The number of nitrogens with zero attached hydrogens (tertiary/aromatic N) is 3. The van der Waals surface area contributed by atoms with E-state index in [2.05, 4.69) is 16.0 Å². The van der Waals surface area contributed by atoms with Gasteiger partial charge < -0.3 is 0 Å². The fraction of sp³-hybridized carbons (Fsp3) is 0.556. The Morgan fingerprint density at radius 1 is 1.71 bits per heavy atom. The molecule has 1 aliphatic rings. The predicted octanol–water partition coefficient (Wildman–Crippen LogP) is 1.42. The van der Waals surface area contributed by atoms with E-state index in [4.69, 9.17) is 15.9 Å². The van der Waals surface area contributed by atoms with Crippen LogP contribution in [0.2, 0.25) is 0 Å². The summed E-state index contributed by atoms with van der Waals surface area (Å²) in [6, 6.07) is 2.23. The third-order valence-corrected chi connectivity index (χ3v) is 5.63. The molecule has 0 aliphatic carbocycles. The van der Waals surface area contributed by atoms with Gasteiger partial charge in [0.25, 0.3) is 9.05 Å². The number of hydrogen-bond acceptors (Lipinski definition) is 6. The van der Waals surface area contributed by atoms with Gasteiger partial charge in [0.05, 0.1) is 24.7 Å². The van der Waals surface area contributed by atoms with Gasteiger partial charge >= 0.3 is 0 Å². The van der Waals surface area contributed by atoms with Crippen LogP contribution < -0.4 is 0 Å². The third kappa shape index (κ3) is 3.16. The summed E-state index contributed by atoms with van der Waals surface area (Å²) in [4.78, 5) is 6.12. The Labute approximate surface area is 108 Å². The molecule has 0 bridgehead atoms. The van der Waals surface area contributed by atoms with Gasteiger partial charge in [-0.25, -0.2) is 13.4 Å². The first-order valence-corrected chi connectivity index (χ1v) is 8.13. The molecule has 1 atom stereocenters. The van der Waals surface area contributed by atoms with E-state index in [0.717, 1.165) is 30.8 Å². The maximum Gasteiger partial charge on any atom is 0.272 e. The van der Waals surface area contributed by atoms with Crippen LogP contribution in [0.4, 0.5) is 0 Å². The Bertz CT molecular complexity index is 549. The van der Waals surface area contributed by atoms with Gasteiger partial charge in [-0.1, -0.05) is 0 Å². The van der Waals surface area contributed by atoms with Crippen molar-refractivity contribution in [2.75, 3.05) is 13.1 Å². The quantitative estimate of drug-likeness (QED) is 0.787. The number of halogens is 1. The van der Waals surface area contributed by atoms with E-state index in [-0.39, 0.29) is 10.1 Å². The van der Waals surface area contributed by atoms with Crippen molar-refractivity contribution in [3.05, 3.63) is 11.2 Å². The summed E-state index contributed by atoms with van der Waals surface area (Å²) in [5.41, 5.74) is 0. The van der Waals surface area contributed by atoms with Crippen molar-refractivity contribution >= 4 is 31.1 Å². The fourth-order valence-corrected chi connectivity index (χ4v) is 3.71. The van der Waals surface area contributed by atoms with Gasteiger partial charge in [-0.05, 0) is 13.0 Å². The summed E-state index contributed by atoms with van der Waals surface area (Å²) >= 11 is 1.08. The zero-order chi connectivity index (χ0) is 12.5. The van der Waals surface area contributed by atoms with Crippen molar-refractivity contribution in [1.29, 1.82) is 5.26 Å². The lowest BCUT2D eigenvalue weighted by Crippen LogP contribution is -2.19. The maximum atomic E-state index is 11.1. The number of thiazole rings is 1. The SMILES string of the molecule is N#CC1CCN(Cc2ncc(S(=O)(=O)Cl)s2)C1. The minimum atomic E-state index is -3.67. The van der Waals surface area contributed by atoms with Crippen molar-refractivity contribution in [3.8, 4) is 6.07 Å². The standard InChI is InChI=1S/C9H10ClN3O2S2/c10-17(14,15)9-4-12-8(16-9)6-13-2-1-7(3-11)5-13/h4,7H,1-2,5-6H2. The lowest BCUT2D eigenvalue weighted by molar-refractivity contribution is 0.324. The number of likely N-dealkylation sites (tertiary alicyclic amines) is 1. The Kier molecular flexibility index (Phi) is 3.68. The molecule has 2 heterocycles. The topological polar surface area (TPSA) is 74.1 Å². The number of nitriles is 1. The first-order chi connectivity index (χ1) is 7.99. The zero-order valence-corrected chi connectivity index (χ0v) is 11.2. The van der Waals surface area contributed by atoms with Crippen molar-refractivity contribution in [2.45, 2.75) is 17.2 Å². The molecular formula is C9H10ClN3O2S2. The van der Waals surface area contributed by atoms with Crippen LogP contribution in [0.15, 0.2) is 10.4 Å². The van der Waals surface area contributed by atoms with Gasteiger partial charge in [-0.15, -0.1) is 11.3 Å². The van der Waals surface area contributed by atoms with Gasteiger partial charge in [0.15, 0.2) is 4.21 Å². The molecule has 5 nitrogen and oxygen atoms in total. The van der Waals surface area contributed by atoms with E-state index in [0.29, 0.717) is 11.6 Å². The molecule has 1 aromatic rings. The van der Waals surface area contributed by atoms with Crippen LogP contribution >= 0.6 is 22.0 Å². The number of hydrogen-bond donors (Lipinski definition) is 0. The summed E-state index contributed by atoms with van der Waals surface area (Å²) in [5, 5.41) is 9.49. The molecule has 92 valence electrons. The second kappa shape index (κ2) is 4.90. The summed E-state index contributed by atoms with van der Waals surface area (Å²) in [6.07, 6.45) is 2.14. The molecule has 1 fully saturated rings. The molecule has 1 aromatic heterocycles. The smallest absolute Gasteiger partial charge is 0.272 e. The van der Waals surface area contributed by atoms with Crippen LogP contribution in [0.25, 0.3) is 0 Å². The van der Waals surface area contributed by atoms with Crippen molar-refractivity contribution in [2.24, 2.45) is 5.92 Å². The number of aromatic nitrogens is 1. The molecule has 1 aliphatic heterocycles. The normalized spacial score (nSPS) is 21.5. The molecule has 0 saturated carbocycles. The Hall–Kier alpha value is -0.680. The van der Waals surface area contributed by atoms with E-state index in [9.17, 15) is 8.42 Å². The molecule has 17 heavy (non-hydrogen) atoms. The van der Waals surface area contributed by atoms with Gasteiger partial charge in [0.1, 0.15) is 5.01 Å². The molecule has 0 N–H and O–H groups in total. The van der Waals surface area contributed by atoms with Gasteiger partial charge in [-0.3, -0.25) is 4.90 Å². The minimum absolute atomic E-state index is 0.0743. The Morgan fingerprint density at radius 2 is 2.47 bits per heavy atom. The van der Waals surface area contributed by atoms with Gasteiger partial charge in [0.2, 0.25) is 0 Å². The predicted molar refractivity (Wildman–Crippen MR) is 64.1 cm³/mol. The highest BCUT2D eigenvalue weighted by molar-refractivity contribution is 8.15. The van der Waals surface area contributed by atoms with Gasteiger partial charge in [0, 0.05) is 17.2 Å². The highest BCUT2D eigenvalue weighted by Gasteiger charge is 2.23. The van der Waals surface area contributed by atoms with Crippen LogP contribution in [0.5, 0.6) is 0 Å². The molecular weight excluding hydrogens is 282 g/mol. The van der Waals surface area contributed by atoms with E-state index in [1.165, 1.54) is 6.20 Å². The second-order valence-corrected chi connectivity index (χ2v) is 7.77. The second-order valence-electron chi connectivity index (χ2n) is 3.86. The van der Waals surface area contributed by atoms with E-state index in [1.807, 2.05) is 0 Å². The van der Waals surface area contributed by atoms with Crippen molar-refractivity contribution in [1.82, 2.24) is 9.88 Å². The monoisotopic (exact) mass is 291 g/mol. The summed E-state index contributed by atoms with van der Waals surface area (Å²) in [6.45, 7) is 2.15. The molecule has 0 radical (unpaired) electrons. The maximum absolute atomic E-state index is 11.1. The Morgan fingerprint density at radius 3 is 3.00 bits per heavy atom. The first kappa shape index (κ1) is 12.8. The molecule has 0 aromatic carbocycles. The fourth-order valence-electron chi connectivity index (χ4n) is 1.75. The largest absolute Gasteiger partial charge is 0.295 e. The highest BCUT2D eigenvalue weighted by atomic mass is 35.7. The number of rotatable bonds is 3. The van der Waals surface area contributed by atoms with Crippen LogP contribution in [0.1, 0.15) is 11.4 Å². The Balaban J connectivity index is 2.01. The molecule has 1 unspecified atom stereocenters. The van der Waals surface area contributed by atoms with Crippen molar-refractivity contribution < 1.29 is 8.42 Å². The van der Waals surface area contributed by atoms with Gasteiger partial charge in [-0.2, -0.15) is 5.26 Å². The lowest BCUT2D eigenvalue weighted by Gasteiger charge is -2.11. The van der Waals surface area contributed by atoms with E-state index in [1.54, 1.807) is 0 Å². The average Bonchev–Trinajstić information content (AvgIpc) is 2.86. The first-order valence-electron chi connectivity index (χ1n) is 5.00. The van der Waals surface area contributed by atoms with Crippen LogP contribution in [0, 0.1) is 17.2 Å². The lowest BCUT2D eigenvalue weighted by atomic mass is 10.1. The minimum Gasteiger partial charge on any atom is -0.295 e. The summed E-state index contributed by atoms with van der Waals surface area (Å²) < 4.78 is 22.2. The molecule has 1 saturated heterocycles. The molecule has 8 heteroatoms. The van der Waals surface area contributed by atoms with Crippen molar-refractivity contribution in [3.63, 3.8) is 0 Å². The summed E-state index contributed by atoms with van der Waals surface area (Å²) in [7, 11) is 1.55. The molecule has 0 amide bonds. The molecule has 0 spiro atoms. The summed E-state index contributed by atoms with van der Waals surface area (Å²) in [5.74, 6) is 0.0752. The zero-order valence-electron chi connectivity index (χ0n) is 8.84. The molecule has 2 rings (SSSR count). The van der Waals surface area contributed by atoms with Crippen LogP contribution in [0.3, 0.4) is 0 Å². The van der Waals surface area contributed by atoms with E-state index >= 15 is 0 Å². The highest BCUT2D eigenvalue weighted by Crippen LogP contribution is 2.25. The van der Waals surface area contributed by atoms with Crippen LogP contribution in [-0.4, -0.2) is 31.4 Å². The van der Waals surface area contributed by atoms with Crippen LogP contribution in [-0.2, 0) is 15.6 Å². The average molecular weight is 292 g/mol.